The van der Waals surface area contributed by atoms with Crippen molar-refractivity contribution in [2.45, 2.75) is 71.9 Å². The molecular weight excluding hydrogens is 266 g/mol. The van der Waals surface area contributed by atoms with Crippen molar-refractivity contribution in [3.63, 3.8) is 0 Å². The number of nitrogens with one attached hydrogen (secondary N) is 1. The molecule has 2 atom stereocenters. The molecule has 0 aromatic heterocycles. The molecule has 0 saturated carbocycles. The number of carbonyl (C=O) groups is 2. The van der Waals surface area contributed by atoms with E-state index >= 15 is 0 Å². The van der Waals surface area contributed by atoms with Gasteiger partial charge in [0.05, 0.1) is 0 Å². The van der Waals surface area contributed by atoms with E-state index in [-0.39, 0.29) is 23.3 Å². The second-order valence-electron chi connectivity index (χ2n) is 7.14. The zero-order valence-corrected chi connectivity index (χ0v) is 13.9. The van der Waals surface area contributed by atoms with E-state index in [9.17, 15) is 9.59 Å². The molecule has 2 amide bonds. The lowest BCUT2D eigenvalue weighted by Gasteiger charge is -2.35. The SMILES string of the molecule is CC1CCCN1C(=O)C(NC(=O)CCCCN)C(C)(C)C. The normalized spacial score (nSPS) is 20.4. The highest BCUT2D eigenvalue weighted by Gasteiger charge is 2.38. The van der Waals surface area contributed by atoms with E-state index in [1.165, 1.54) is 0 Å². The lowest BCUT2D eigenvalue weighted by Crippen LogP contribution is -2.55. The summed E-state index contributed by atoms with van der Waals surface area (Å²) >= 11 is 0. The van der Waals surface area contributed by atoms with E-state index < -0.39 is 6.04 Å². The highest BCUT2D eigenvalue weighted by atomic mass is 16.2. The monoisotopic (exact) mass is 297 g/mol. The number of likely N-dealkylation sites (tertiary alicyclic amines) is 1. The van der Waals surface area contributed by atoms with Gasteiger partial charge in [-0.3, -0.25) is 9.59 Å². The first kappa shape index (κ1) is 18.0. The average Bonchev–Trinajstić information content (AvgIpc) is 2.80. The summed E-state index contributed by atoms with van der Waals surface area (Å²) in [7, 11) is 0. The fourth-order valence-electron chi connectivity index (χ4n) is 2.74. The summed E-state index contributed by atoms with van der Waals surface area (Å²) in [4.78, 5) is 26.7. The summed E-state index contributed by atoms with van der Waals surface area (Å²) in [6.45, 7) is 9.47. The lowest BCUT2D eigenvalue weighted by molar-refractivity contribution is -0.140. The van der Waals surface area contributed by atoms with E-state index in [0.29, 0.717) is 13.0 Å². The van der Waals surface area contributed by atoms with Crippen molar-refractivity contribution in [3.8, 4) is 0 Å². The predicted molar refractivity (Wildman–Crippen MR) is 84.7 cm³/mol. The third kappa shape index (κ3) is 5.30. The standard InChI is InChI=1S/C16H31N3O2/c1-12-8-7-11-19(12)15(21)14(16(2,3)4)18-13(20)9-5-6-10-17/h12,14H,5-11,17H2,1-4H3,(H,18,20). The molecule has 2 unspecified atom stereocenters. The summed E-state index contributed by atoms with van der Waals surface area (Å²) in [6, 6.07) is -0.181. The zero-order chi connectivity index (χ0) is 16.0. The Bertz CT molecular complexity index is 363. The van der Waals surface area contributed by atoms with Gasteiger partial charge in [0, 0.05) is 19.0 Å². The second-order valence-corrected chi connectivity index (χ2v) is 7.14. The number of nitrogens with two attached hydrogens (primary N) is 1. The maximum Gasteiger partial charge on any atom is 0.245 e. The molecule has 0 radical (unpaired) electrons. The Kier molecular flexibility index (Phi) is 6.65. The fourth-order valence-corrected chi connectivity index (χ4v) is 2.74. The second kappa shape index (κ2) is 7.78. The van der Waals surface area contributed by atoms with Gasteiger partial charge in [0.1, 0.15) is 6.04 Å². The summed E-state index contributed by atoms with van der Waals surface area (Å²) in [5.74, 6) is 0.00301. The molecule has 0 spiro atoms. The molecule has 0 bridgehead atoms. The highest BCUT2D eigenvalue weighted by Crippen LogP contribution is 2.25. The molecule has 0 aromatic carbocycles. The van der Waals surface area contributed by atoms with Gasteiger partial charge in [-0.2, -0.15) is 0 Å². The van der Waals surface area contributed by atoms with Crippen molar-refractivity contribution in [3.05, 3.63) is 0 Å². The van der Waals surface area contributed by atoms with Crippen LogP contribution in [0.5, 0.6) is 0 Å². The minimum Gasteiger partial charge on any atom is -0.344 e. The predicted octanol–water partition coefficient (Wildman–Crippen LogP) is 1.66. The quantitative estimate of drug-likeness (QED) is 0.732. The first-order valence-corrected chi connectivity index (χ1v) is 8.07. The van der Waals surface area contributed by atoms with Gasteiger partial charge in [-0.05, 0) is 44.6 Å². The van der Waals surface area contributed by atoms with Crippen LogP contribution in [0.1, 0.15) is 59.8 Å². The number of nitrogens with zero attached hydrogens (tertiary/aromatic N) is 1. The molecule has 3 N–H and O–H groups in total. The molecular formula is C16H31N3O2. The Morgan fingerprint density at radius 3 is 2.48 bits per heavy atom. The van der Waals surface area contributed by atoms with Crippen LogP contribution in [0.25, 0.3) is 0 Å². The van der Waals surface area contributed by atoms with E-state index in [2.05, 4.69) is 12.2 Å². The van der Waals surface area contributed by atoms with E-state index in [1.54, 1.807) is 0 Å². The van der Waals surface area contributed by atoms with Gasteiger partial charge in [-0.15, -0.1) is 0 Å². The van der Waals surface area contributed by atoms with Crippen molar-refractivity contribution >= 4 is 11.8 Å². The van der Waals surface area contributed by atoms with Crippen molar-refractivity contribution in [1.82, 2.24) is 10.2 Å². The van der Waals surface area contributed by atoms with E-state index in [4.69, 9.17) is 5.73 Å². The number of rotatable bonds is 6. The van der Waals surface area contributed by atoms with Gasteiger partial charge >= 0.3 is 0 Å². The lowest BCUT2D eigenvalue weighted by atomic mass is 9.85. The molecule has 5 nitrogen and oxygen atoms in total. The molecule has 122 valence electrons. The molecule has 1 fully saturated rings. The summed E-state index contributed by atoms with van der Waals surface area (Å²) in [5, 5.41) is 2.94. The van der Waals surface area contributed by atoms with Crippen LogP contribution in [0.2, 0.25) is 0 Å². The maximum absolute atomic E-state index is 12.8. The molecule has 5 heteroatoms. The van der Waals surface area contributed by atoms with E-state index in [1.807, 2.05) is 25.7 Å². The smallest absolute Gasteiger partial charge is 0.245 e. The minimum absolute atomic E-state index is 0.0522. The van der Waals surface area contributed by atoms with Crippen molar-refractivity contribution in [1.29, 1.82) is 0 Å². The molecule has 21 heavy (non-hydrogen) atoms. The average molecular weight is 297 g/mol. The third-order valence-corrected chi connectivity index (χ3v) is 4.11. The van der Waals surface area contributed by atoms with Gasteiger partial charge in [0.15, 0.2) is 0 Å². The Balaban J connectivity index is 2.68. The number of unbranched alkanes of at least 4 members (excludes halogenated alkanes) is 1. The first-order valence-electron chi connectivity index (χ1n) is 8.07. The van der Waals surface area contributed by atoms with Gasteiger partial charge in [0.2, 0.25) is 11.8 Å². The minimum atomic E-state index is -0.455. The summed E-state index contributed by atoms with van der Waals surface area (Å²) in [5.41, 5.74) is 5.15. The zero-order valence-electron chi connectivity index (χ0n) is 13.9. The van der Waals surface area contributed by atoms with Gasteiger partial charge < -0.3 is 16.0 Å². The Hall–Kier alpha value is -1.10. The number of hydrogen-bond donors (Lipinski definition) is 2. The highest BCUT2D eigenvalue weighted by molar-refractivity contribution is 5.88. The molecule has 1 saturated heterocycles. The largest absolute Gasteiger partial charge is 0.344 e. The van der Waals surface area contributed by atoms with Crippen LogP contribution >= 0.6 is 0 Å². The van der Waals surface area contributed by atoms with Gasteiger partial charge in [0.25, 0.3) is 0 Å². The van der Waals surface area contributed by atoms with E-state index in [0.717, 1.165) is 32.2 Å². The summed E-state index contributed by atoms with van der Waals surface area (Å²) in [6.07, 6.45) is 4.14. The van der Waals surface area contributed by atoms with Crippen LogP contribution < -0.4 is 11.1 Å². The molecule has 1 rings (SSSR count). The van der Waals surface area contributed by atoms with Crippen LogP contribution in [-0.4, -0.2) is 41.9 Å². The number of hydrogen-bond acceptors (Lipinski definition) is 3. The van der Waals surface area contributed by atoms with Crippen molar-refractivity contribution in [2.75, 3.05) is 13.1 Å². The third-order valence-electron chi connectivity index (χ3n) is 4.11. The molecule has 1 aliphatic heterocycles. The van der Waals surface area contributed by atoms with Crippen molar-refractivity contribution in [2.24, 2.45) is 11.1 Å². The van der Waals surface area contributed by atoms with Gasteiger partial charge in [-0.25, -0.2) is 0 Å². The first-order chi connectivity index (χ1) is 9.77. The van der Waals surface area contributed by atoms with Crippen LogP contribution in [0, 0.1) is 5.41 Å². The molecule has 0 aromatic rings. The topological polar surface area (TPSA) is 75.4 Å². The van der Waals surface area contributed by atoms with Crippen LogP contribution in [0.15, 0.2) is 0 Å². The maximum atomic E-state index is 12.8. The van der Waals surface area contributed by atoms with Crippen LogP contribution in [-0.2, 0) is 9.59 Å². The van der Waals surface area contributed by atoms with Crippen LogP contribution in [0.4, 0.5) is 0 Å². The molecule has 0 aliphatic carbocycles. The van der Waals surface area contributed by atoms with Crippen molar-refractivity contribution < 1.29 is 9.59 Å². The number of amides is 2. The Labute approximate surface area is 128 Å². The Morgan fingerprint density at radius 2 is 2.00 bits per heavy atom. The van der Waals surface area contributed by atoms with Crippen LogP contribution in [0.3, 0.4) is 0 Å². The summed E-state index contributed by atoms with van der Waals surface area (Å²) < 4.78 is 0. The van der Waals surface area contributed by atoms with Gasteiger partial charge in [-0.1, -0.05) is 20.8 Å². The fraction of sp³-hybridized carbons (Fsp3) is 0.875. The molecule has 1 aliphatic rings. The number of carbonyl (C=O) groups excluding carboxylic acids is 2. The molecule has 1 heterocycles. The Morgan fingerprint density at radius 1 is 1.33 bits per heavy atom.